The van der Waals surface area contributed by atoms with Gasteiger partial charge in [-0.15, -0.1) is 5.54 Å². The quantitative estimate of drug-likeness (QED) is 0.591. The molecule has 0 aliphatic rings. The van der Waals surface area contributed by atoms with Crippen LogP contribution in [0.3, 0.4) is 0 Å². The SMILES string of the molecule is Cc1ccccc1[C@@H](O)C#CC#C[Si](C(C)C)(C(C)C)C(C)C. The van der Waals surface area contributed by atoms with Gasteiger partial charge in [0.05, 0.1) is 0 Å². The number of aliphatic hydroxyl groups excluding tert-OH is 1. The molecule has 0 spiro atoms. The van der Waals surface area contributed by atoms with E-state index in [0.29, 0.717) is 16.6 Å². The van der Waals surface area contributed by atoms with Crippen LogP contribution in [0.15, 0.2) is 24.3 Å². The third-order valence-corrected chi connectivity index (χ3v) is 11.2. The highest BCUT2D eigenvalue weighted by atomic mass is 28.3. The zero-order valence-corrected chi connectivity index (χ0v) is 16.6. The number of hydrogen-bond donors (Lipinski definition) is 1. The highest BCUT2D eigenvalue weighted by Gasteiger charge is 2.41. The molecule has 1 nitrogen and oxygen atoms in total. The Kier molecular flexibility index (Phi) is 7.14. The van der Waals surface area contributed by atoms with Gasteiger partial charge in [0.15, 0.2) is 0 Å². The average molecular weight is 327 g/mol. The normalized spacial score (nSPS) is 12.7. The first-order valence-corrected chi connectivity index (χ1v) is 10.7. The van der Waals surface area contributed by atoms with E-state index < -0.39 is 14.2 Å². The van der Waals surface area contributed by atoms with Gasteiger partial charge in [0.2, 0.25) is 0 Å². The molecule has 0 saturated heterocycles. The maximum absolute atomic E-state index is 10.2. The number of rotatable bonds is 4. The molecule has 1 aromatic carbocycles. The van der Waals surface area contributed by atoms with E-state index in [4.69, 9.17) is 0 Å². The van der Waals surface area contributed by atoms with Crippen molar-refractivity contribution in [1.82, 2.24) is 0 Å². The van der Waals surface area contributed by atoms with Crippen molar-refractivity contribution in [1.29, 1.82) is 0 Å². The molecule has 0 aromatic heterocycles. The molecule has 23 heavy (non-hydrogen) atoms. The van der Waals surface area contributed by atoms with Gasteiger partial charge in [-0.3, -0.25) is 0 Å². The zero-order chi connectivity index (χ0) is 17.6. The molecule has 2 heteroatoms. The zero-order valence-electron chi connectivity index (χ0n) is 15.6. The summed E-state index contributed by atoms with van der Waals surface area (Å²) >= 11 is 0. The second kappa shape index (κ2) is 8.39. The van der Waals surface area contributed by atoms with E-state index in [2.05, 4.69) is 64.8 Å². The van der Waals surface area contributed by atoms with Crippen molar-refractivity contribution in [3.63, 3.8) is 0 Å². The van der Waals surface area contributed by atoms with Crippen molar-refractivity contribution in [2.24, 2.45) is 0 Å². The molecular weight excluding hydrogens is 296 g/mol. The van der Waals surface area contributed by atoms with Crippen LogP contribution in [0.2, 0.25) is 16.6 Å². The van der Waals surface area contributed by atoms with Crippen molar-refractivity contribution in [3.8, 4) is 23.3 Å². The average Bonchev–Trinajstić information content (AvgIpc) is 2.46. The standard InChI is InChI=1S/C21H30OSi/c1-16(2)23(17(3)4,18(5)6)15-11-10-14-21(22)20-13-9-8-12-19(20)7/h8-9,12-13,16-18,21-22H,1-7H3/t21-/m0/s1. The van der Waals surface area contributed by atoms with Gasteiger partial charge in [0.25, 0.3) is 0 Å². The lowest BCUT2D eigenvalue weighted by Crippen LogP contribution is -2.43. The maximum Gasteiger partial charge on any atom is 0.147 e. The van der Waals surface area contributed by atoms with Crippen LogP contribution in [0, 0.1) is 30.2 Å². The van der Waals surface area contributed by atoms with Gasteiger partial charge in [-0.25, -0.2) is 0 Å². The molecule has 1 rings (SSSR count). The third-order valence-electron chi connectivity index (χ3n) is 4.90. The second-order valence-corrected chi connectivity index (χ2v) is 12.8. The first-order chi connectivity index (χ1) is 10.7. The van der Waals surface area contributed by atoms with E-state index >= 15 is 0 Å². The molecule has 1 aromatic rings. The lowest BCUT2D eigenvalue weighted by molar-refractivity contribution is 0.237. The van der Waals surface area contributed by atoms with Gasteiger partial charge >= 0.3 is 0 Å². The summed E-state index contributed by atoms with van der Waals surface area (Å²) in [5, 5.41) is 10.2. The van der Waals surface area contributed by atoms with Crippen molar-refractivity contribution in [2.75, 3.05) is 0 Å². The smallest absolute Gasteiger partial charge is 0.147 e. The Morgan fingerprint density at radius 1 is 0.870 bits per heavy atom. The molecule has 0 amide bonds. The van der Waals surface area contributed by atoms with Gasteiger partial charge in [0, 0.05) is 0 Å². The molecule has 124 valence electrons. The van der Waals surface area contributed by atoms with Crippen molar-refractivity contribution in [2.45, 2.75) is 71.2 Å². The van der Waals surface area contributed by atoms with Crippen LogP contribution >= 0.6 is 0 Å². The summed E-state index contributed by atoms with van der Waals surface area (Å²) in [7, 11) is -1.74. The first-order valence-electron chi connectivity index (χ1n) is 8.49. The molecule has 0 aliphatic carbocycles. The molecule has 0 aliphatic heterocycles. The minimum Gasteiger partial charge on any atom is -0.376 e. The Morgan fingerprint density at radius 2 is 1.39 bits per heavy atom. The summed E-state index contributed by atoms with van der Waals surface area (Å²) in [6.07, 6.45) is -0.765. The van der Waals surface area contributed by atoms with Crippen molar-refractivity contribution in [3.05, 3.63) is 35.4 Å². The molecule has 1 atom stereocenters. The first kappa shape index (κ1) is 19.6. The van der Waals surface area contributed by atoms with Crippen molar-refractivity contribution >= 4 is 8.07 Å². The van der Waals surface area contributed by atoms with E-state index in [-0.39, 0.29) is 0 Å². The minimum absolute atomic E-state index is 0.595. The molecule has 0 fully saturated rings. The largest absolute Gasteiger partial charge is 0.376 e. The Labute approximate surface area is 143 Å². The third kappa shape index (κ3) is 4.50. The molecule has 0 radical (unpaired) electrons. The van der Waals surface area contributed by atoms with Gasteiger partial charge in [-0.2, -0.15) is 0 Å². The summed E-state index contributed by atoms with van der Waals surface area (Å²) < 4.78 is 0. The highest BCUT2D eigenvalue weighted by Crippen LogP contribution is 2.40. The lowest BCUT2D eigenvalue weighted by Gasteiger charge is -2.37. The highest BCUT2D eigenvalue weighted by molar-refractivity contribution is 6.90. The summed E-state index contributed by atoms with van der Waals surface area (Å²) in [6, 6.07) is 7.79. The van der Waals surface area contributed by atoms with Gasteiger partial charge in [0.1, 0.15) is 14.2 Å². The van der Waals surface area contributed by atoms with Crippen LogP contribution in [0.5, 0.6) is 0 Å². The van der Waals surface area contributed by atoms with E-state index in [1.54, 1.807) is 0 Å². The number of benzene rings is 1. The molecule has 0 unspecified atom stereocenters. The second-order valence-electron chi connectivity index (χ2n) is 7.18. The molecule has 0 bridgehead atoms. The fourth-order valence-electron chi connectivity index (χ4n) is 3.65. The molecule has 1 N–H and O–H groups in total. The molecule has 0 heterocycles. The van der Waals surface area contributed by atoms with E-state index in [0.717, 1.165) is 11.1 Å². The fraction of sp³-hybridized carbons (Fsp3) is 0.524. The van der Waals surface area contributed by atoms with Crippen LogP contribution in [-0.4, -0.2) is 13.2 Å². The van der Waals surface area contributed by atoms with Crippen LogP contribution in [-0.2, 0) is 0 Å². The topological polar surface area (TPSA) is 20.2 Å². The lowest BCUT2D eigenvalue weighted by atomic mass is 10.0. The Balaban J connectivity index is 3.06. The monoisotopic (exact) mass is 326 g/mol. The predicted molar refractivity (Wildman–Crippen MR) is 103 cm³/mol. The van der Waals surface area contributed by atoms with E-state index in [1.807, 2.05) is 31.2 Å². The van der Waals surface area contributed by atoms with Gasteiger partial charge in [-0.05, 0) is 46.5 Å². The fourth-order valence-corrected chi connectivity index (χ4v) is 8.79. The summed E-state index contributed by atoms with van der Waals surface area (Å²) in [4.78, 5) is 0. The van der Waals surface area contributed by atoms with Gasteiger partial charge < -0.3 is 5.11 Å². The predicted octanol–water partition coefficient (Wildman–Crippen LogP) is 5.25. The number of aliphatic hydroxyl groups is 1. The van der Waals surface area contributed by atoms with Crippen LogP contribution in [0.4, 0.5) is 0 Å². The van der Waals surface area contributed by atoms with Crippen LogP contribution in [0.1, 0.15) is 58.8 Å². The van der Waals surface area contributed by atoms with Crippen molar-refractivity contribution < 1.29 is 5.11 Å². The minimum atomic E-state index is -1.74. The molecular formula is C21H30OSi. The van der Waals surface area contributed by atoms with E-state index in [1.165, 1.54) is 0 Å². The van der Waals surface area contributed by atoms with E-state index in [9.17, 15) is 5.11 Å². The summed E-state index contributed by atoms with van der Waals surface area (Å²) in [5.74, 6) is 8.87. The number of hydrogen-bond acceptors (Lipinski definition) is 1. The Bertz CT molecular complexity index is 613. The maximum atomic E-state index is 10.2. The van der Waals surface area contributed by atoms with Crippen LogP contribution < -0.4 is 0 Å². The molecule has 0 saturated carbocycles. The Morgan fingerprint density at radius 3 is 1.87 bits per heavy atom. The summed E-state index contributed by atoms with van der Waals surface area (Å²) in [5.41, 5.74) is 7.26. The van der Waals surface area contributed by atoms with Crippen LogP contribution in [0.25, 0.3) is 0 Å². The Hall–Kier alpha value is -1.48. The van der Waals surface area contributed by atoms with Gasteiger partial charge in [-0.1, -0.05) is 71.7 Å². The summed E-state index contributed by atoms with van der Waals surface area (Å²) in [6.45, 7) is 15.7. The number of aryl methyl sites for hydroxylation is 1.